The fraction of sp³-hybridized carbons (Fsp3) is 0.947. The normalized spacial score (nSPS) is 28.0. The molecule has 1 aliphatic carbocycles. The Morgan fingerprint density at radius 1 is 1.28 bits per heavy atom. The van der Waals surface area contributed by atoms with Gasteiger partial charge in [0.05, 0.1) is 0 Å². The number of thioether (sulfide) groups is 1. The zero-order valence-electron chi connectivity index (χ0n) is 16.6. The van der Waals surface area contributed by atoms with E-state index >= 15 is 0 Å². The van der Waals surface area contributed by atoms with Crippen molar-refractivity contribution < 1.29 is 0 Å². The molecule has 25 heavy (non-hydrogen) atoms. The average molecular weight is 483 g/mol. The van der Waals surface area contributed by atoms with Gasteiger partial charge in [0.2, 0.25) is 0 Å². The van der Waals surface area contributed by atoms with Gasteiger partial charge in [0.25, 0.3) is 0 Å². The molecule has 3 atom stereocenters. The van der Waals surface area contributed by atoms with E-state index in [2.05, 4.69) is 42.6 Å². The summed E-state index contributed by atoms with van der Waals surface area (Å²) >= 11 is 2.01. The summed E-state index contributed by atoms with van der Waals surface area (Å²) in [5, 5.41) is 7.95. The highest BCUT2D eigenvalue weighted by Crippen LogP contribution is 2.28. The minimum absolute atomic E-state index is 0. The molecule has 0 aromatic rings. The van der Waals surface area contributed by atoms with Crippen LogP contribution in [0.15, 0.2) is 4.99 Å². The molecule has 6 heteroatoms. The molecule has 3 unspecified atom stereocenters. The molecule has 4 nitrogen and oxygen atoms in total. The second kappa shape index (κ2) is 12.7. The molecule has 2 aliphatic rings. The van der Waals surface area contributed by atoms with Crippen LogP contribution in [0.4, 0.5) is 0 Å². The van der Waals surface area contributed by atoms with Gasteiger partial charge in [-0.25, -0.2) is 0 Å². The second-order valence-electron chi connectivity index (χ2n) is 7.89. The highest BCUT2D eigenvalue weighted by molar-refractivity contribution is 14.0. The van der Waals surface area contributed by atoms with E-state index in [4.69, 9.17) is 4.99 Å². The van der Waals surface area contributed by atoms with Crippen LogP contribution in [0.3, 0.4) is 0 Å². The van der Waals surface area contributed by atoms with E-state index in [0.29, 0.717) is 6.04 Å². The molecule has 1 heterocycles. The molecule has 0 spiro atoms. The molecule has 0 aromatic carbocycles. The van der Waals surface area contributed by atoms with Crippen molar-refractivity contribution in [1.29, 1.82) is 0 Å². The average Bonchev–Trinajstić information content (AvgIpc) is 3.00. The number of likely N-dealkylation sites (tertiary alicyclic amines) is 1. The Balaban J connectivity index is 0.00000312. The third-order valence-corrected chi connectivity index (χ3v) is 6.23. The van der Waals surface area contributed by atoms with Gasteiger partial charge in [-0.3, -0.25) is 4.99 Å². The lowest BCUT2D eigenvalue weighted by molar-refractivity contribution is 0.162. The molecule has 0 amide bonds. The summed E-state index contributed by atoms with van der Waals surface area (Å²) in [7, 11) is 0. The molecule has 1 saturated heterocycles. The van der Waals surface area contributed by atoms with E-state index in [1.807, 2.05) is 11.8 Å². The molecule has 1 saturated carbocycles. The van der Waals surface area contributed by atoms with Gasteiger partial charge in [-0.1, -0.05) is 13.8 Å². The molecule has 1 aliphatic heterocycles. The number of hydrogen-bond acceptors (Lipinski definition) is 3. The fourth-order valence-electron chi connectivity index (χ4n) is 4.00. The first kappa shape index (κ1) is 23.3. The number of piperidine rings is 1. The van der Waals surface area contributed by atoms with Crippen molar-refractivity contribution in [3.8, 4) is 0 Å². The van der Waals surface area contributed by atoms with Gasteiger partial charge in [-0.05, 0) is 63.7 Å². The van der Waals surface area contributed by atoms with Crippen LogP contribution >= 0.6 is 35.7 Å². The molecule has 148 valence electrons. The topological polar surface area (TPSA) is 39.7 Å². The first-order valence-corrected chi connectivity index (χ1v) is 11.2. The van der Waals surface area contributed by atoms with Crippen LogP contribution in [-0.2, 0) is 0 Å². The third-order valence-electron chi connectivity index (χ3n) is 5.14. The lowest BCUT2D eigenvalue weighted by atomic mass is 9.97. The lowest BCUT2D eigenvalue weighted by Crippen LogP contribution is -2.43. The number of guanidine groups is 1. The number of rotatable bonds is 7. The molecule has 0 aromatic heterocycles. The number of halogens is 1. The van der Waals surface area contributed by atoms with Crippen LogP contribution in [0.25, 0.3) is 0 Å². The first-order valence-electron chi connectivity index (χ1n) is 9.90. The van der Waals surface area contributed by atoms with E-state index in [1.165, 1.54) is 51.7 Å². The van der Waals surface area contributed by atoms with Crippen LogP contribution in [0.5, 0.6) is 0 Å². The van der Waals surface area contributed by atoms with Crippen molar-refractivity contribution in [2.45, 2.75) is 64.2 Å². The van der Waals surface area contributed by atoms with Gasteiger partial charge in [-0.15, -0.1) is 24.0 Å². The highest BCUT2D eigenvalue weighted by atomic mass is 127. The van der Waals surface area contributed by atoms with Crippen molar-refractivity contribution in [3.63, 3.8) is 0 Å². The Labute approximate surface area is 176 Å². The van der Waals surface area contributed by atoms with Crippen molar-refractivity contribution >= 4 is 41.7 Å². The third kappa shape index (κ3) is 8.69. The van der Waals surface area contributed by atoms with E-state index in [9.17, 15) is 0 Å². The summed E-state index contributed by atoms with van der Waals surface area (Å²) in [4.78, 5) is 7.56. The van der Waals surface area contributed by atoms with Crippen LogP contribution in [0.1, 0.15) is 52.9 Å². The molecule has 0 bridgehead atoms. The zero-order chi connectivity index (χ0) is 17.4. The molecule has 2 N–H and O–H groups in total. The van der Waals surface area contributed by atoms with E-state index < -0.39 is 0 Å². The number of aliphatic imine (C=N–C) groups is 1. The summed E-state index contributed by atoms with van der Waals surface area (Å²) in [5.74, 6) is 2.51. The largest absolute Gasteiger partial charge is 0.357 e. The van der Waals surface area contributed by atoms with Gasteiger partial charge < -0.3 is 15.5 Å². The van der Waals surface area contributed by atoms with Crippen molar-refractivity contribution in [3.05, 3.63) is 0 Å². The van der Waals surface area contributed by atoms with Crippen LogP contribution < -0.4 is 10.6 Å². The van der Waals surface area contributed by atoms with Crippen molar-refractivity contribution in [2.24, 2.45) is 16.8 Å². The van der Waals surface area contributed by atoms with Crippen LogP contribution in [-0.4, -0.2) is 61.1 Å². The molecular weight excluding hydrogens is 443 g/mol. The highest BCUT2D eigenvalue weighted by Gasteiger charge is 2.25. The van der Waals surface area contributed by atoms with Crippen LogP contribution in [0.2, 0.25) is 0 Å². The van der Waals surface area contributed by atoms with Crippen LogP contribution in [0, 0.1) is 11.8 Å². The Kier molecular flexibility index (Phi) is 11.8. The summed E-state index contributed by atoms with van der Waals surface area (Å²) in [6.45, 7) is 12.4. The summed E-state index contributed by atoms with van der Waals surface area (Å²) in [6.07, 6.45) is 8.78. The Morgan fingerprint density at radius 2 is 2.08 bits per heavy atom. The maximum Gasteiger partial charge on any atom is 0.191 e. The molecule has 2 fully saturated rings. The van der Waals surface area contributed by atoms with Crippen molar-refractivity contribution in [1.82, 2.24) is 15.5 Å². The maximum atomic E-state index is 4.93. The Hall–Kier alpha value is 0.310. The van der Waals surface area contributed by atoms with Gasteiger partial charge in [0, 0.05) is 37.5 Å². The SMILES string of the molecule is CCNC(=NCC1CCCN(CC(C)C)C1)NC1CCC(SC)C1.I. The summed E-state index contributed by atoms with van der Waals surface area (Å²) in [6, 6.07) is 0.601. The van der Waals surface area contributed by atoms with Crippen molar-refractivity contribution in [2.75, 3.05) is 39.0 Å². The van der Waals surface area contributed by atoms with E-state index in [-0.39, 0.29) is 24.0 Å². The second-order valence-corrected chi connectivity index (χ2v) is 9.03. The quantitative estimate of drug-likeness (QED) is 0.329. The Morgan fingerprint density at radius 3 is 2.72 bits per heavy atom. The zero-order valence-corrected chi connectivity index (χ0v) is 19.7. The lowest BCUT2D eigenvalue weighted by Gasteiger charge is -2.33. The number of nitrogens with one attached hydrogen (secondary N) is 2. The monoisotopic (exact) mass is 482 g/mol. The molecular formula is C19H39IN4S. The smallest absolute Gasteiger partial charge is 0.191 e. The summed E-state index contributed by atoms with van der Waals surface area (Å²) < 4.78 is 0. The minimum atomic E-state index is 0. The maximum absolute atomic E-state index is 4.93. The van der Waals surface area contributed by atoms with Gasteiger partial charge in [0.1, 0.15) is 0 Å². The van der Waals surface area contributed by atoms with E-state index in [0.717, 1.165) is 36.1 Å². The van der Waals surface area contributed by atoms with E-state index in [1.54, 1.807) is 0 Å². The Bertz CT molecular complexity index is 392. The van der Waals surface area contributed by atoms with Gasteiger partial charge in [0.15, 0.2) is 5.96 Å². The predicted molar refractivity (Wildman–Crippen MR) is 123 cm³/mol. The summed E-state index contributed by atoms with van der Waals surface area (Å²) in [5.41, 5.74) is 0. The first-order chi connectivity index (χ1) is 11.6. The predicted octanol–water partition coefficient (Wildman–Crippen LogP) is 3.81. The number of hydrogen-bond donors (Lipinski definition) is 2. The molecule has 2 rings (SSSR count). The van der Waals surface area contributed by atoms with Gasteiger partial charge in [-0.2, -0.15) is 11.8 Å². The van der Waals surface area contributed by atoms with Gasteiger partial charge >= 0.3 is 0 Å². The standard InChI is InChI=1S/C19H38N4S.HI/c1-5-20-19(22-17-8-9-18(11-17)24-4)21-12-16-7-6-10-23(14-16)13-15(2)3;/h15-18H,5-14H2,1-4H3,(H2,20,21,22);1H. The molecule has 0 radical (unpaired) electrons. The number of nitrogens with zero attached hydrogens (tertiary/aromatic N) is 2. The fourth-order valence-corrected chi connectivity index (χ4v) is 4.80. The minimum Gasteiger partial charge on any atom is -0.357 e.